The molecule has 0 radical (unpaired) electrons. The zero-order valence-electron chi connectivity index (χ0n) is 21.4. The van der Waals surface area contributed by atoms with Crippen LogP contribution in [-0.4, -0.2) is 44.5 Å². The molecule has 0 unspecified atom stereocenters. The van der Waals surface area contributed by atoms with Crippen molar-refractivity contribution in [2.75, 3.05) is 21.3 Å². The van der Waals surface area contributed by atoms with Crippen molar-refractivity contribution < 1.29 is 33.3 Å². The summed E-state index contributed by atoms with van der Waals surface area (Å²) < 4.78 is 23.0. The van der Waals surface area contributed by atoms with Gasteiger partial charge in [0.25, 0.3) is 0 Å². The van der Waals surface area contributed by atoms with Crippen LogP contribution < -0.4 is 19.5 Å². The average molecular weight is 603 g/mol. The minimum absolute atomic E-state index is 0.0415. The Morgan fingerprint density at radius 3 is 2.47 bits per heavy atom. The largest absolute Gasteiger partial charge is 0.496 e. The lowest BCUT2D eigenvalue weighted by molar-refractivity contribution is -0.136. The van der Waals surface area contributed by atoms with Gasteiger partial charge in [-0.3, -0.25) is 9.59 Å². The fourth-order valence-corrected chi connectivity index (χ4v) is 6.36. The summed E-state index contributed by atoms with van der Waals surface area (Å²) >= 11 is 10.0. The maximum absolute atomic E-state index is 14.6. The number of hydrogen-bond donors (Lipinski definition) is 1. The van der Waals surface area contributed by atoms with E-state index < -0.39 is 35.0 Å². The number of rotatable bonds is 4. The summed E-state index contributed by atoms with van der Waals surface area (Å²) in [5.41, 5.74) is 0.636. The lowest BCUT2D eigenvalue weighted by atomic mass is 9.65. The van der Waals surface area contributed by atoms with E-state index in [4.69, 9.17) is 30.5 Å². The number of methoxy groups -OCH3 is 3. The molecule has 5 rings (SSSR count). The van der Waals surface area contributed by atoms with Gasteiger partial charge < -0.3 is 24.3 Å². The summed E-state index contributed by atoms with van der Waals surface area (Å²) in [5.74, 6) is -2.54. The summed E-state index contributed by atoms with van der Waals surface area (Å²) in [6.45, 7) is 3.55. The molecule has 0 fully saturated rings. The Bertz CT molecular complexity index is 1480. The third-order valence-corrected chi connectivity index (χ3v) is 8.29. The molecule has 0 aromatic heterocycles. The number of ether oxygens (including phenoxy) is 4. The second kappa shape index (κ2) is 9.47. The highest BCUT2D eigenvalue weighted by molar-refractivity contribution is 9.10. The lowest BCUT2D eigenvalue weighted by Gasteiger charge is -2.42. The molecule has 0 saturated heterocycles. The first-order valence-electron chi connectivity index (χ1n) is 11.9. The minimum Gasteiger partial charge on any atom is -0.496 e. The van der Waals surface area contributed by atoms with Crippen LogP contribution in [0.5, 0.6) is 17.2 Å². The van der Waals surface area contributed by atoms with Crippen molar-refractivity contribution in [3.63, 3.8) is 0 Å². The van der Waals surface area contributed by atoms with Gasteiger partial charge in [-0.25, -0.2) is 4.79 Å². The molecule has 1 aliphatic carbocycles. The van der Waals surface area contributed by atoms with Gasteiger partial charge in [0, 0.05) is 39.3 Å². The Balaban J connectivity index is 1.72. The molecule has 3 aliphatic rings. The molecule has 1 N–H and O–H groups in total. The first-order chi connectivity index (χ1) is 18.1. The number of carbonyl (C=O) groups excluding carboxylic acids is 3. The van der Waals surface area contributed by atoms with Crippen LogP contribution in [0.25, 0.3) is 0 Å². The predicted octanol–water partition coefficient (Wildman–Crippen LogP) is 5.13. The van der Waals surface area contributed by atoms with E-state index in [-0.39, 0.29) is 39.0 Å². The number of halogens is 2. The molecule has 8 nitrogen and oxygen atoms in total. The van der Waals surface area contributed by atoms with Gasteiger partial charge in [-0.15, -0.1) is 0 Å². The number of nitrogens with one attached hydrogen (secondary N) is 1. The molecule has 38 heavy (non-hydrogen) atoms. The van der Waals surface area contributed by atoms with Gasteiger partial charge >= 0.3 is 5.97 Å². The number of esters is 1. The van der Waals surface area contributed by atoms with Gasteiger partial charge in [0.2, 0.25) is 17.2 Å². The molecule has 3 atom stereocenters. The second-order valence-corrected chi connectivity index (χ2v) is 10.7. The van der Waals surface area contributed by atoms with Crippen LogP contribution in [0.1, 0.15) is 42.1 Å². The van der Waals surface area contributed by atoms with E-state index >= 15 is 0 Å². The van der Waals surface area contributed by atoms with Crippen molar-refractivity contribution >= 4 is 45.1 Å². The van der Waals surface area contributed by atoms with Gasteiger partial charge in [0.1, 0.15) is 22.1 Å². The fraction of sp³-hybridized carbons (Fsp3) is 0.321. The zero-order chi connectivity index (χ0) is 27.5. The summed E-state index contributed by atoms with van der Waals surface area (Å²) in [4.78, 5) is 41.8. The normalized spacial score (nSPS) is 24.1. The molecular formula is C28H25BrClNO7. The highest BCUT2D eigenvalue weighted by Crippen LogP contribution is 2.56. The van der Waals surface area contributed by atoms with Crippen LogP contribution in [-0.2, 0) is 14.3 Å². The number of Topliss-reactive ketones (excluding diaryl/α,β-unsaturated/α-hetero) is 2. The fourth-order valence-electron chi connectivity index (χ4n) is 5.67. The van der Waals surface area contributed by atoms with Gasteiger partial charge in [0.15, 0.2) is 5.75 Å². The number of dihydropyridines is 1. The zero-order valence-corrected chi connectivity index (χ0v) is 23.7. The molecule has 2 aromatic rings. The van der Waals surface area contributed by atoms with E-state index in [1.165, 1.54) is 27.4 Å². The molecule has 1 spiro atoms. The van der Waals surface area contributed by atoms with E-state index in [9.17, 15) is 14.4 Å². The van der Waals surface area contributed by atoms with Crippen molar-refractivity contribution in [1.82, 2.24) is 5.32 Å². The van der Waals surface area contributed by atoms with Crippen molar-refractivity contribution in [1.29, 1.82) is 0 Å². The van der Waals surface area contributed by atoms with Crippen LogP contribution in [0.3, 0.4) is 0 Å². The SMILES string of the molecule is COC(=O)C1=C(C)NC2=C(C(=O)[C@@]3(Oc4c(Cl)c(OC)cc(OC)c4C3=O)[C@H](C)C2)[C@@H]1c1cccc(Br)c1. The quantitative estimate of drug-likeness (QED) is 0.380. The van der Waals surface area contributed by atoms with Crippen molar-refractivity contribution in [2.45, 2.75) is 31.8 Å². The summed E-state index contributed by atoms with van der Waals surface area (Å²) in [5, 5.41) is 3.32. The van der Waals surface area contributed by atoms with E-state index in [2.05, 4.69) is 21.2 Å². The van der Waals surface area contributed by atoms with Crippen molar-refractivity contribution in [2.24, 2.45) is 5.92 Å². The van der Waals surface area contributed by atoms with Crippen molar-refractivity contribution in [3.8, 4) is 17.2 Å². The second-order valence-electron chi connectivity index (χ2n) is 9.44. The smallest absolute Gasteiger partial charge is 0.336 e. The number of allylic oxidation sites excluding steroid dienone is 2. The molecule has 0 amide bonds. The Labute approximate surface area is 233 Å². The Morgan fingerprint density at radius 2 is 1.84 bits per heavy atom. The number of fused-ring (bicyclic) bond motifs is 1. The predicted molar refractivity (Wildman–Crippen MR) is 143 cm³/mol. The molecule has 2 heterocycles. The van der Waals surface area contributed by atoms with Gasteiger partial charge in [-0.05, 0) is 31.0 Å². The third kappa shape index (κ3) is 3.59. The highest BCUT2D eigenvalue weighted by Gasteiger charge is 2.63. The average Bonchev–Trinajstić information content (AvgIpc) is 3.21. The number of ketones is 2. The Hall–Kier alpha value is -3.30. The number of hydrogen-bond acceptors (Lipinski definition) is 8. The summed E-state index contributed by atoms with van der Waals surface area (Å²) in [7, 11) is 4.14. The van der Waals surface area contributed by atoms with Crippen LogP contribution in [0.15, 0.2) is 57.3 Å². The van der Waals surface area contributed by atoms with Crippen LogP contribution >= 0.6 is 27.5 Å². The molecule has 198 valence electrons. The molecule has 0 saturated carbocycles. The highest BCUT2D eigenvalue weighted by atomic mass is 79.9. The monoisotopic (exact) mass is 601 g/mol. The van der Waals surface area contributed by atoms with Crippen molar-refractivity contribution in [3.05, 3.63) is 73.5 Å². The minimum atomic E-state index is -1.90. The van der Waals surface area contributed by atoms with Crippen LogP contribution in [0.4, 0.5) is 0 Å². The molecule has 0 bridgehead atoms. The number of benzene rings is 2. The summed E-state index contributed by atoms with van der Waals surface area (Å²) in [6, 6.07) is 8.84. The standard InChI is InChI=1S/C28H25BrClNO7/c1-12-9-16-21(20(14-7-6-8-15(29)10-14)19(13(2)31-16)27(34)37-5)25(32)28(12)26(33)22-17(35-3)11-18(36-4)23(30)24(22)38-28/h6-8,10-12,20,31H,9H2,1-5H3/t12-,20-,28+/m1/s1. The van der Waals surface area contributed by atoms with Crippen LogP contribution in [0, 0.1) is 5.92 Å². The maximum atomic E-state index is 14.6. The first-order valence-corrected chi connectivity index (χ1v) is 13.0. The van der Waals surface area contributed by atoms with E-state index in [1.54, 1.807) is 13.8 Å². The van der Waals surface area contributed by atoms with Crippen LogP contribution in [0.2, 0.25) is 5.02 Å². The van der Waals surface area contributed by atoms with Gasteiger partial charge in [-0.1, -0.05) is 46.6 Å². The van der Waals surface area contributed by atoms with E-state index in [0.29, 0.717) is 23.4 Å². The van der Waals surface area contributed by atoms with Gasteiger partial charge in [0.05, 0.1) is 26.9 Å². The number of carbonyl (C=O) groups is 3. The molecule has 10 heteroatoms. The first kappa shape index (κ1) is 26.3. The maximum Gasteiger partial charge on any atom is 0.336 e. The van der Waals surface area contributed by atoms with E-state index in [1.807, 2.05) is 24.3 Å². The molecule has 2 aliphatic heterocycles. The Kier molecular flexibility index (Phi) is 6.55. The summed E-state index contributed by atoms with van der Waals surface area (Å²) in [6.07, 6.45) is 0.314. The topological polar surface area (TPSA) is 100 Å². The third-order valence-electron chi connectivity index (χ3n) is 7.44. The molecular weight excluding hydrogens is 578 g/mol. The van der Waals surface area contributed by atoms with Gasteiger partial charge in [-0.2, -0.15) is 0 Å². The molecule has 2 aromatic carbocycles. The van der Waals surface area contributed by atoms with E-state index in [0.717, 1.165) is 4.47 Å². The lowest BCUT2D eigenvalue weighted by Crippen LogP contribution is -2.58. The Morgan fingerprint density at radius 1 is 1.13 bits per heavy atom.